The molecule has 0 bridgehead atoms. The average Bonchev–Trinajstić information content (AvgIpc) is 3.19. The number of nitrogens with zero attached hydrogens (tertiary/aromatic N) is 4. The standard InChI is InChI=1S/C18H22N4O2S/c1-13-16(25-12-20-13)5-7-21(2)18(24)15-8-17(23)22(11-15)10-14-4-3-6-19-9-14/h3-4,6,9,12,15H,5,7-8,10-11H2,1-2H3. The number of carbonyl (C=O) groups excluding carboxylic acids is 2. The quantitative estimate of drug-likeness (QED) is 0.791. The number of likely N-dealkylation sites (N-methyl/N-ethyl adjacent to an activating group) is 1. The molecular weight excluding hydrogens is 336 g/mol. The maximum absolute atomic E-state index is 12.7. The molecule has 0 aromatic carbocycles. The number of thiazole rings is 1. The fourth-order valence-corrected chi connectivity index (χ4v) is 3.83. The number of hydrogen-bond acceptors (Lipinski definition) is 5. The zero-order valence-electron chi connectivity index (χ0n) is 14.5. The first-order valence-electron chi connectivity index (χ1n) is 8.35. The third-order valence-electron chi connectivity index (χ3n) is 4.56. The monoisotopic (exact) mass is 358 g/mol. The van der Waals surface area contributed by atoms with Crippen LogP contribution in [-0.2, 0) is 22.6 Å². The summed E-state index contributed by atoms with van der Waals surface area (Å²) < 4.78 is 0. The minimum absolute atomic E-state index is 0.0360. The Labute approximate surface area is 151 Å². The van der Waals surface area contributed by atoms with Crippen LogP contribution in [-0.4, -0.2) is 51.7 Å². The third-order valence-corrected chi connectivity index (χ3v) is 5.55. The minimum Gasteiger partial charge on any atom is -0.345 e. The first-order valence-corrected chi connectivity index (χ1v) is 9.23. The van der Waals surface area contributed by atoms with E-state index in [1.54, 1.807) is 33.5 Å². The van der Waals surface area contributed by atoms with Crippen molar-refractivity contribution in [2.75, 3.05) is 20.1 Å². The molecule has 3 heterocycles. The molecule has 1 fully saturated rings. The number of likely N-dealkylation sites (tertiary alicyclic amines) is 1. The lowest BCUT2D eigenvalue weighted by Gasteiger charge is -2.21. The van der Waals surface area contributed by atoms with Gasteiger partial charge in [-0.3, -0.25) is 14.6 Å². The van der Waals surface area contributed by atoms with Crippen molar-refractivity contribution in [2.24, 2.45) is 5.92 Å². The van der Waals surface area contributed by atoms with Gasteiger partial charge >= 0.3 is 0 Å². The van der Waals surface area contributed by atoms with Gasteiger partial charge in [0.1, 0.15) is 0 Å². The third kappa shape index (κ3) is 4.22. The highest BCUT2D eigenvalue weighted by Gasteiger charge is 2.35. The van der Waals surface area contributed by atoms with Crippen molar-refractivity contribution in [3.8, 4) is 0 Å². The summed E-state index contributed by atoms with van der Waals surface area (Å²) in [6, 6.07) is 3.80. The fraction of sp³-hybridized carbons (Fsp3) is 0.444. The maximum Gasteiger partial charge on any atom is 0.227 e. The molecule has 0 saturated carbocycles. The highest BCUT2D eigenvalue weighted by Crippen LogP contribution is 2.22. The molecule has 0 N–H and O–H groups in total. The van der Waals surface area contributed by atoms with E-state index >= 15 is 0 Å². The van der Waals surface area contributed by atoms with Gasteiger partial charge < -0.3 is 9.80 Å². The fourth-order valence-electron chi connectivity index (χ4n) is 3.06. The Balaban J connectivity index is 1.54. The van der Waals surface area contributed by atoms with Crippen LogP contribution >= 0.6 is 11.3 Å². The summed E-state index contributed by atoms with van der Waals surface area (Å²) in [6.07, 6.45) is 4.56. The van der Waals surface area contributed by atoms with Gasteiger partial charge in [0.2, 0.25) is 11.8 Å². The van der Waals surface area contributed by atoms with Crippen LogP contribution in [0.15, 0.2) is 30.0 Å². The number of aromatic nitrogens is 2. The Hall–Kier alpha value is -2.28. The van der Waals surface area contributed by atoms with Crippen molar-refractivity contribution in [3.63, 3.8) is 0 Å². The van der Waals surface area contributed by atoms with Crippen molar-refractivity contribution >= 4 is 23.2 Å². The van der Waals surface area contributed by atoms with Crippen LogP contribution in [0.5, 0.6) is 0 Å². The van der Waals surface area contributed by atoms with Gasteiger partial charge in [0, 0.05) is 56.8 Å². The Kier molecular flexibility index (Phi) is 5.43. The average molecular weight is 358 g/mol. The molecule has 1 saturated heterocycles. The smallest absolute Gasteiger partial charge is 0.227 e. The molecule has 132 valence electrons. The van der Waals surface area contributed by atoms with E-state index in [1.807, 2.05) is 31.6 Å². The van der Waals surface area contributed by atoms with E-state index in [9.17, 15) is 9.59 Å². The lowest BCUT2D eigenvalue weighted by Crippen LogP contribution is -2.35. The van der Waals surface area contributed by atoms with Gasteiger partial charge in [-0.25, -0.2) is 4.98 Å². The van der Waals surface area contributed by atoms with E-state index in [2.05, 4.69) is 9.97 Å². The van der Waals surface area contributed by atoms with Gasteiger partial charge in [-0.15, -0.1) is 11.3 Å². The van der Waals surface area contributed by atoms with Crippen LogP contribution in [0.2, 0.25) is 0 Å². The molecule has 6 nitrogen and oxygen atoms in total. The van der Waals surface area contributed by atoms with Crippen molar-refractivity contribution in [1.82, 2.24) is 19.8 Å². The van der Waals surface area contributed by atoms with Crippen LogP contribution in [0, 0.1) is 12.8 Å². The van der Waals surface area contributed by atoms with Crippen LogP contribution in [0.4, 0.5) is 0 Å². The molecule has 1 aliphatic heterocycles. The van der Waals surface area contributed by atoms with Gasteiger partial charge in [0.25, 0.3) is 0 Å². The Morgan fingerprint density at radius 2 is 2.32 bits per heavy atom. The highest BCUT2D eigenvalue weighted by atomic mass is 32.1. The molecule has 0 radical (unpaired) electrons. The SMILES string of the molecule is Cc1ncsc1CCN(C)C(=O)C1CC(=O)N(Cc2cccnc2)C1. The number of amides is 2. The van der Waals surface area contributed by atoms with Crippen LogP contribution < -0.4 is 0 Å². The van der Waals surface area contributed by atoms with Gasteiger partial charge in [0.15, 0.2) is 0 Å². The number of pyridine rings is 1. The molecule has 25 heavy (non-hydrogen) atoms. The molecule has 0 aliphatic carbocycles. The molecule has 1 unspecified atom stereocenters. The number of hydrogen-bond donors (Lipinski definition) is 0. The van der Waals surface area contributed by atoms with E-state index in [0.29, 0.717) is 26.1 Å². The predicted octanol–water partition coefficient (Wildman–Crippen LogP) is 1.90. The summed E-state index contributed by atoms with van der Waals surface area (Å²) >= 11 is 1.62. The molecule has 2 aromatic rings. The summed E-state index contributed by atoms with van der Waals surface area (Å²) in [5, 5.41) is 0. The zero-order chi connectivity index (χ0) is 17.8. The lowest BCUT2D eigenvalue weighted by molar-refractivity contribution is -0.134. The van der Waals surface area contributed by atoms with Gasteiger partial charge in [-0.05, 0) is 18.6 Å². The molecule has 3 rings (SSSR count). The Morgan fingerprint density at radius 3 is 3.00 bits per heavy atom. The second-order valence-electron chi connectivity index (χ2n) is 6.41. The second kappa shape index (κ2) is 7.74. The lowest BCUT2D eigenvalue weighted by atomic mass is 10.1. The van der Waals surface area contributed by atoms with E-state index in [1.165, 1.54) is 4.88 Å². The molecular formula is C18H22N4O2S. The maximum atomic E-state index is 12.7. The van der Waals surface area contributed by atoms with E-state index in [0.717, 1.165) is 17.7 Å². The molecule has 2 amide bonds. The summed E-state index contributed by atoms with van der Waals surface area (Å²) in [7, 11) is 1.81. The predicted molar refractivity (Wildman–Crippen MR) is 96.0 cm³/mol. The normalized spacial score (nSPS) is 17.1. The van der Waals surface area contributed by atoms with Gasteiger partial charge in [-0.2, -0.15) is 0 Å². The molecule has 1 aliphatic rings. The van der Waals surface area contributed by atoms with Crippen molar-refractivity contribution in [2.45, 2.75) is 26.3 Å². The first kappa shape index (κ1) is 17.5. The summed E-state index contributed by atoms with van der Waals surface area (Å²) in [6.45, 7) is 3.63. The largest absolute Gasteiger partial charge is 0.345 e. The van der Waals surface area contributed by atoms with E-state index in [-0.39, 0.29) is 17.7 Å². The van der Waals surface area contributed by atoms with Crippen molar-refractivity contribution < 1.29 is 9.59 Å². The van der Waals surface area contributed by atoms with Crippen LogP contribution in [0.25, 0.3) is 0 Å². The van der Waals surface area contributed by atoms with Gasteiger partial charge in [0.05, 0.1) is 17.1 Å². The summed E-state index contributed by atoms with van der Waals surface area (Å²) in [5.41, 5.74) is 3.85. The molecule has 7 heteroatoms. The van der Waals surface area contributed by atoms with E-state index < -0.39 is 0 Å². The van der Waals surface area contributed by atoms with Crippen LogP contribution in [0.3, 0.4) is 0 Å². The van der Waals surface area contributed by atoms with Crippen molar-refractivity contribution in [3.05, 3.63) is 46.2 Å². The number of rotatable bonds is 6. The topological polar surface area (TPSA) is 66.4 Å². The highest BCUT2D eigenvalue weighted by molar-refractivity contribution is 7.09. The Bertz CT molecular complexity index is 747. The number of carbonyl (C=O) groups is 2. The second-order valence-corrected chi connectivity index (χ2v) is 7.35. The summed E-state index contributed by atoms with van der Waals surface area (Å²) in [4.78, 5) is 37.9. The van der Waals surface area contributed by atoms with E-state index in [4.69, 9.17) is 0 Å². The molecule has 0 spiro atoms. The zero-order valence-corrected chi connectivity index (χ0v) is 15.3. The van der Waals surface area contributed by atoms with Gasteiger partial charge in [-0.1, -0.05) is 6.07 Å². The first-order chi connectivity index (χ1) is 12.0. The molecule has 1 atom stereocenters. The minimum atomic E-state index is -0.253. The molecule has 2 aromatic heterocycles. The summed E-state index contributed by atoms with van der Waals surface area (Å²) in [5.74, 6) is -0.171. The number of aryl methyl sites for hydroxylation is 1. The Morgan fingerprint density at radius 1 is 1.48 bits per heavy atom. The van der Waals surface area contributed by atoms with Crippen LogP contribution in [0.1, 0.15) is 22.6 Å². The van der Waals surface area contributed by atoms with Crippen molar-refractivity contribution in [1.29, 1.82) is 0 Å².